The average molecular weight is 326 g/mol. The quantitative estimate of drug-likeness (QED) is 0.845. The SMILES string of the molecule is CCc1cccnc1CNS(=O)(=O)c1csc(C(=O)O)c1. The number of sulfonamides is 1. The van der Waals surface area contributed by atoms with Gasteiger partial charge in [0.2, 0.25) is 10.0 Å². The molecule has 0 saturated heterocycles. The summed E-state index contributed by atoms with van der Waals surface area (Å²) in [5.41, 5.74) is 1.63. The fourth-order valence-corrected chi connectivity index (χ4v) is 3.87. The number of pyridine rings is 1. The molecule has 6 nitrogen and oxygen atoms in total. The van der Waals surface area contributed by atoms with Crippen LogP contribution < -0.4 is 4.72 Å². The normalized spacial score (nSPS) is 11.5. The molecule has 2 aromatic rings. The minimum Gasteiger partial charge on any atom is -0.477 e. The van der Waals surface area contributed by atoms with Crippen molar-refractivity contribution in [3.63, 3.8) is 0 Å². The summed E-state index contributed by atoms with van der Waals surface area (Å²) >= 11 is 0.880. The Labute approximate surface area is 126 Å². The molecule has 2 heterocycles. The van der Waals surface area contributed by atoms with Crippen LogP contribution in [0.3, 0.4) is 0 Å². The maximum Gasteiger partial charge on any atom is 0.345 e. The van der Waals surface area contributed by atoms with Gasteiger partial charge in [-0.2, -0.15) is 0 Å². The Hall–Kier alpha value is -1.77. The van der Waals surface area contributed by atoms with Gasteiger partial charge in [-0.1, -0.05) is 13.0 Å². The van der Waals surface area contributed by atoms with Crippen LogP contribution in [0.4, 0.5) is 0 Å². The van der Waals surface area contributed by atoms with E-state index in [4.69, 9.17) is 5.11 Å². The first-order valence-electron chi connectivity index (χ1n) is 6.18. The number of rotatable bonds is 6. The lowest BCUT2D eigenvalue weighted by Crippen LogP contribution is -2.24. The van der Waals surface area contributed by atoms with Crippen LogP contribution >= 0.6 is 11.3 Å². The van der Waals surface area contributed by atoms with Gasteiger partial charge in [-0.25, -0.2) is 17.9 Å². The maximum atomic E-state index is 12.1. The highest BCUT2D eigenvalue weighted by atomic mass is 32.2. The van der Waals surface area contributed by atoms with E-state index in [0.717, 1.165) is 29.4 Å². The summed E-state index contributed by atoms with van der Waals surface area (Å²) in [5.74, 6) is -1.14. The second-order valence-electron chi connectivity index (χ2n) is 4.24. The fourth-order valence-electron chi connectivity index (χ4n) is 1.77. The van der Waals surface area contributed by atoms with Crippen LogP contribution in [0.25, 0.3) is 0 Å². The number of aryl methyl sites for hydroxylation is 1. The van der Waals surface area contributed by atoms with E-state index in [9.17, 15) is 13.2 Å². The minimum atomic E-state index is -3.74. The highest BCUT2D eigenvalue weighted by Gasteiger charge is 2.18. The first kappa shape index (κ1) is 15.6. The van der Waals surface area contributed by atoms with E-state index in [1.807, 2.05) is 13.0 Å². The Morgan fingerprint density at radius 1 is 1.48 bits per heavy atom. The van der Waals surface area contributed by atoms with E-state index < -0.39 is 16.0 Å². The Kier molecular flexibility index (Phi) is 4.71. The van der Waals surface area contributed by atoms with Gasteiger partial charge < -0.3 is 5.11 Å². The smallest absolute Gasteiger partial charge is 0.345 e. The van der Waals surface area contributed by atoms with Crippen LogP contribution in [-0.4, -0.2) is 24.5 Å². The molecule has 0 saturated carbocycles. The molecule has 2 rings (SSSR count). The second kappa shape index (κ2) is 6.33. The summed E-state index contributed by atoms with van der Waals surface area (Å²) in [4.78, 5) is 14.9. The number of nitrogens with one attached hydrogen (secondary N) is 1. The highest BCUT2D eigenvalue weighted by molar-refractivity contribution is 7.89. The first-order valence-corrected chi connectivity index (χ1v) is 8.54. The molecule has 0 fully saturated rings. The third-order valence-electron chi connectivity index (χ3n) is 2.89. The zero-order valence-corrected chi connectivity index (χ0v) is 12.9. The third-order valence-corrected chi connectivity index (χ3v) is 5.34. The van der Waals surface area contributed by atoms with Crippen LogP contribution in [0.5, 0.6) is 0 Å². The number of hydrogen-bond donors (Lipinski definition) is 2. The van der Waals surface area contributed by atoms with Gasteiger partial charge in [-0.15, -0.1) is 11.3 Å². The predicted octanol–water partition coefficient (Wildman–Crippen LogP) is 1.88. The maximum absolute atomic E-state index is 12.1. The lowest BCUT2D eigenvalue weighted by molar-refractivity contribution is 0.0702. The molecule has 0 aliphatic carbocycles. The van der Waals surface area contributed by atoms with Gasteiger partial charge in [0.25, 0.3) is 0 Å². The molecule has 8 heteroatoms. The zero-order valence-electron chi connectivity index (χ0n) is 11.2. The van der Waals surface area contributed by atoms with Crippen LogP contribution in [0.2, 0.25) is 0 Å². The summed E-state index contributed by atoms with van der Waals surface area (Å²) in [5, 5.41) is 10.1. The number of aromatic carboxylic acids is 1. The van der Waals surface area contributed by atoms with Crippen molar-refractivity contribution >= 4 is 27.3 Å². The largest absolute Gasteiger partial charge is 0.477 e. The molecule has 0 unspecified atom stereocenters. The van der Waals surface area contributed by atoms with Gasteiger partial charge in [0.15, 0.2) is 0 Å². The van der Waals surface area contributed by atoms with Crippen LogP contribution in [0, 0.1) is 0 Å². The Balaban J connectivity index is 2.16. The molecular weight excluding hydrogens is 312 g/mol. The highest BCUT2D eigenvalue weighted by Crippen LogP contribution is 2.19. The molecular formula is C13H14N2O4S2. The van der Waals surface area contributed by atoms with Crippen molar-refractivity contribution in [1.29, 1.82) is 0 Å². The fraction of sp³-hybridized carbons (Fsp3) is 0.231. The predicted molar refractivity (Wildman–Crippen MR) is 78.9 cm³/mol. The molecule has 0 amide bonds. The van der Waals surface area contributed by atoms with Crippen molar-refractivity contribution in [3.8, 4) is 0 Å². The molecule has 0 atom stereocenters. The van der Waals surface area contributed by atoms with E-state index in [0.29, 0.717) is 5.69 Å². The number of hydrogen-bond acceptors (Lipinski definition) is 5. The Morgan fingerprint density at radius 3 is 2.86 bits per heavy atom. The van der Waals surface area contributed by atoms with Gasteiger partial charge >= 0.3 is 5.97 Å². The van der Waals surface area contributed by atoms with Crippen LogP contribution in [-0.2, 0) is 23.0 Å². The number of aromatic nitrogens is 1. The molecule has 0 spiro atoms. The average Bonchev–Trinajstić information content (AvgIpc) is 2.96. The molecule has 0 radical (unpaired) electrons. The monoisotopic (exact) mass is 326 g/mol. The minimum absolute atomic E-state index is 0.0116. The van der Waals surface area contributed by atoms with E-state index >= 15 is 0 Å². The first-order chi connectivity index (χ1) is 9.94. The Morgan fingerprint density at radius 2 is 2.24 bits per heavy atom. The summed E-state index contributed by atoms with van der Waals surface area (Å²) in [6.07, 6.45) is 2.36. The van der Waals surface area contributed by atoms with Crippen molar-refractivity contribution in [3.05, 3.63) is 45.9 Å². The molecule has 0 aromatic carbocycles. The van der Waals surface area contributed by atoms with E-state index in [1.165, 1.54) is 5.38 Å². The van der Waals surface area contributed by atoms with E-state index in [1.54, 1.807) is 12.3 Å². The Bertz CT molecular complexity index is 753. The van der Waals surface area contributed by atoms with E-state index in [-0.39, 0.29) is 16.3 Å². The summed E-state index contributed by atoms with van der Waals surface area (Å²) in [7, 11) is -3.74. The number of carboxylic acids is 1. The third kappa shape index (κ3) is 3.66. The van der Waals surface area contributed by atoms with Gasteiger partial charge in [0, 0.05) is 11.6 Å². The summed E-state index contributed by atoms with van der Waals surface area (Å²) < 4.78 is 26.7. The van der Waals surface area contributed by atoms with Gasteiger partial charge in [0.1, 0.15) is 4.88 Å². The van der Waals surface area contributed by atoms with Gasteiger partial charge in [0.05, 0.1) is 17.1 Å². The number of thiophene rings is 1. The van der Waals surface area contributed by atoms with Crippen LogP contribution in [0.1, 0.15) is 27.9 Å². The molecule has 0 bridgehead atoms. The van der Waals surface area contributed by atoms with Crippen molar-refractivity contribution in [1.82, 2.24) is 9.71 Å². The van der Waals surface area contributed by atoms with Crippen LogP contribution in [0.15, 0.2) is 34.7 Å². The molecule has 112 valence electrons. The van der Waals surface area contributed by atoms with E-state index in [2.05, 4.69) is 9.71 Å². The molecule has 0 aliphatic heterocycles. The van der Waals surface area contributed by atoms with Crippen molar-refractivity contribution in [2.24, 2.45) is 0 Å². The molecule has 0 aliphatic rings. The van der Waals surface area contributed by atoms with Crippen molar-refractivity contribution in [2.45, 2.75) is 24.8 Å². The summed E-state index contributed by atoms with van der Waals surface area (Å²) in [6, 6.07) is 4.84. The standard InChI is InChI=1S/C13H14N2O4S2/c1-2-9-4-3-5-14-11(9)7-15-21(18,19)10-6-12(13(16)17)20-8-10/h3-6,8,15H,2,7H2,1H3,(H,16,17). The topological polar surface area (TPSA) is 96.4 Å². The lowest BCUT2D eigenvalue weighted by Gasteiger charge is -2.08. The summed E-state index contributed by atoms with van der Waals surface area (Å²) in [6.45, 7) is 2.04. The molecule has 2 aromatic heterocycles. The van der Waals surface area contributed by atoms with Crippen molar-refractivity contribution < 1.29 is 18.3 Å². The van der Waals surface area contributed by atoms with Gasteiger partial charge in [-0.3, -0.25) is 4.98 Å². The molecule has 2 N–H and O–H groups in total. The number of carbonyl (C=O) groups is 1. The number of carboxylic acid groups (broad SMARTS) is 1. The zero-order chi connectivity index (χ0) is 15.5. The lowest BCUT2D eigenvalue weighted by atomic mass is 10.1. The second-order valence-corrected chi connectivity index (χ2v) is 6.92. The van der Waals surface area contributed by atoms with Crippen molar-refractivity contribution in [2.75, 3.05) is 0 Å². The van der Waals surface area contributed by atoms with Gasteiger partial charge in [-0.05, 0) is 24.1 Å². The number of nitrogens with zero attached hydrogens (tertiary/aromatic N) is 1. The molecule has 21 heavy (non-hydrogen) atoms.